The van der Waals surface area contributed by atoms with Crippen molar-refractivity contribution >= 4 is 40.8 Å². The second-order valence-electron chi connectivity index (χ2n) is 3.97. The van der Waals surface area contributed by atoms with Crippen LogP contribution in [0.25, 0.3) is 0 Å². The molecule has 10 heteroatoms. The third-order valence-corrected chi connectivity index (χ3v) is 4.18. The molecular formula is C9H21Cl2N3O4S. The molecule has 19 heavy (non-hydrogen) atoms. The van der Waals surface area contributed by atoms with Crippen molar-refractivity contribution < 1.29 is 17.9 Å². The molecule has 1 heterocycles. The predicted octanol–water partition coefficient (Wildman–Crippen LogP) is -1.09. The fraction of sp³-hybridized carbons (Fsp3) is 0.889. The molecular weight excluding hydrogens is 317 g/mol. The van der Waals surface area contributed by atoms with Gasteiger partial charge in [-0.05, 0) is 0 Å². The minimum atomic E-state index is -3.15. The molecule has 0 amide bonds. The lowest BCUT2D eigenvalue weighted by Gasteiger charge is -2.36. The Balaban J connectivity index is 0. The first kappa shape index (κ1) is 21.2. The van der Waals surface area contributed by atoms with Gasteiger partial charge in [0.15, 0.2) is 0 Å². The van der Waals surface area contributed by atoms with Crippen LogP contribution < -0.4 is 5.73 Å². The van der Waals surface area contributed by atoms with Crippen molar-refractivity contribution in [1.29, 1.82) is 0 Å². The van der Waals surface area contributed by atoms with Crippen LogP contribution >= 0.6 is 24.8 Å². The van der Waals surface area contributed by atoms with E-state index >= 15 is 0 Å². The molecule has 1 atom stereocenters. The minimum Gasteiger partial charge on any atom is -0.468 e. The summed E-state index contributed by atoms with van der Waals surface area (Å²) in [5.41, 5.74) is 5.53. The zero-order chi connectivity index (χ0) is 13.1. The van der Waals surface area contributed by atoms with Gasteiger partial charge in [-0.3, -0.25) is 9.69 Å². The summed E-state index contributed by atoms with van der Waals surface area (Å²) in [5.74, 6) is -0.375. The van der Waals surface area contributed by atoms with E-state index in [1.165, 1.54) is 17.7 Å². The number of ether oxygens (including phenoxy) is 1. The van der Waals surface area contributed by atoms with E-state index in [0.29, 0.717) is 26.2 Å². The summed E-state index contributed by atoms with van der Waals surface area (Å²) in [4.78, 5) is 13.3. The van der Waals surface area contributed by atoms with Crippen LogP contribution in [-0.4, -0.2) is 75.7 Å². The topological polar surface area (TPSA) is 92.9 Å². The maximum atomic E-state index is 11.4. The number of rotatable bonds is 4. The molecule has 0 spiro atoms. The Labute approximate surface area is 126 Å². The summed E-state index contributed by atoms with van der Waals surface area (Å²) in [5, 5.41) is 0. The van der Waals surface area contributed by atoms with Gasteiger partial charge in [-0.25, -0.2) is 8.42 Å². The van der Waals surface area contributed by atoms with Crippen LogP contribution in [0.3, 0.4) is 0 Å². The summed E-state index contributed by atoms with van der Waals surface area (Å²) >= 11 is 0. The van der Waals surface area contributed by atoms with Crippen LogP contribution in [0.5, 0.6) is 0 Å². The first-order valence-corrected chi connectivity index (χ1v) is 7.22. The first-order valence-electron chi connectivity index (χ1n) is 5.37. The maximum Gasteiger partial charge on any atom is 0.324 e. The molecule has 2 N–H and O–H groups in total. The number of piperazine rings is 1. The number of nitrogens with zero attached hydrogens (tertiary/aromatic N) is 2. The zero-order valence-corrected chi connectivity index (χ0v) is 13.4. The van der Waals surface area contributed by atoms with Gasteiger partial charge >= 0.3 is 5.97 Å². The average Bonchev–Trinajstić information content (AvgIpc) is 2.29. The Bertz CT molecular complexity index is 372. The summed E-state index contributed by atoms with van der Waals surface area (Å²) in [6.07, 6.45) is 1.18. The van der Waals surface area contributed by atoms with Gasteiger partial charge in [0.05, 0.1) is 13.4 Å². The van der Waals surface area contributed by atoms with Crippen molar-refractivity contribution in [3.05, 3.63) is 0 Å². The second-order valence-corrected chi connectivity index (χ2v) is 5.96. The van der Waals surface area contributed by atoms with Gasteiger partial charge in [0.1, 0.15) is 6.04 Å². The van der Waals surface area contributed by atoms with Crippen LogP contribution in [0.2, 0.25) is 0 Å². The molecule has 0 aromatic rings. The maximum absolute atomic E-state index is 11.4. The minimum absolute atomic E-state index is 0. The lowest BCUT2D eigenvalue weighted by atomic mass is 10.2. The van der Waals surface area contributed by atoms with Crippen molar-refractivity contribution in [3.8, 4) is 0 Å². The summed E-state index contributed by atoms with van der Waals surface area (Å²) in [6.45, 7) is 1.91. The molecule has 0 radical (unpaired) electrons. The van der Waals surface area contributed by atoms with Gasteiger partial charge in [-0.2, -0.15) is 4.31 Å². The SMILES string of the molecule is COC(=O)[C@H](CN)N1CCN(S(C)(=O)=O)CC1.Cl.Cl. The number of halogens is 2. The highest BCUT2D eigenvalue weighted by molar-refractivity contribution is 7.88. The highest BCUT2D eigenvalue weighted by Gasteiger charge is 2.30. The molecule has 0 aromatic carbocycles. The van der Waals surface area contributed by atoms with E-state index < -0.39 is 16.1 Å². The van der Waals surface area contributed by atoms with Crippen LogP contribution in [0.4, 0.5) is 0 Å². The van der Waals surface area contributed by atoms with Gasteiger partial charge < -0.3 is 10.5 Å². The van der Waals surface area contributed by atoms with Crippen molar-refractivity contribution in [3.63, 3.8) is 0 Å². The smallest absolute Gasteiger partial charge is 0.324 e. The van der Waals surface area contributed by atoms with E-state index in [4.69, 9.17) is 5.73 Å². The molecule has 1 fully saturated rings. The predicted molar refractivity (Wildman–Crippen MR) is 77.3 cm³/mol. The number of carbonyl (C=O) groups is 1. The quantitative estimate of drug-likeness (QED) is 0.655. The second kappa shape index (κ2) is 8.93. The molecule has 116 valence electrons. The average molecular weight is 338 g/mol. The molecule has 0 bridgehead atoms. The number of hydrogen-bond donors (Lipinski definition) is 1. The van der Waals surface area contributed by atoms with Crippen LogP contribution in [-0.2, 0) is 19.6 Å². The van der Waals surface area contributed by atoms with Crippen molar-refractivity contribution in [2.75, 3.05) is 46.1 Å². The molecule has 0 aromatic heterocycles. The molecule has 1 saturated heterocycles. The number of nitrogens with two attached hydrogens (primary N) is 1. The van der Waals surface area contributed by atoms with Crippen LogP contribution in [0.15, 0.2) is 0 Å². The number of methoxy groups -OCH3 is 1. The van der Waals surface area contributed by atoms with E-state index in [2.05, 4.69) is 4.74 Å². The summed E-state index contributed by atoms with van der Waals surface area (Å²) < 4.78 is 28.7. The number of carbonyl (C=O) groups excluding carboxylic acids is 1. The van der Waals surface area contributed by atoms with E-state index in [-0.39, 0.29) is 37.3 Å². The van der Waals surface area contributed by atoms with Gasteiger partial charge in [-0.15, -0.1) is 24.8 Å². The third kappa shape index (κ3) is 5.80. The summed E-state index contributed by atoms with van der Waals surface area (Å²) in [7, 11) is -1.83. The largest absolute Gasteiger partial charge is 0.468 e. The fourth-order valence-corrected chi connectivity index (χ4v) is 2.70. The lowest BCUT2D eigenvalue weighted by molar-refractivity contribution is -0.147. The number of esters is 1. The molecule has 1 rings (SSSR count). The van der Waals surface area contributed by atoms with Gasteiger partial charge in [0.25, 0.3) is 0 Å². The van der Waals surface area contributed by atoms with Crippen molar-refractivity contribution in [2.45, 2.75) is 6.04 Å². The molecule has 0 unspecified atom stereocenters. The standard InChI is InChI=1S/C9H19N3O4S.2ClH/c1-16-9(13)8(7-10)11-3-5-12(6-4-11)17(2,14)15;;/h8H,3-7,10H2,1-2H3;2*1H/t8-;;/m0../s1. The number of hydrogen-bond acceptors (Lipinski definition) is 6. The Morgan fingerprint density at radius 3 is 2.05 bits per heavy atom. The van der Waals surface area contributed by atoms with E-state index in [1.54, 1.807) is 0 Å². The zero-order valence-electron chi connectivity index (χ0n) is 10.9. The monoisotopic (exact) mass is 337 g/mol. The third-order valence-electron chi connectivity index (χ3n) is 2.88. The van der Waals surface area contributed by atoms with Gasteiger partial charge in [-0.1, -0.05) is 0 Å². The van der Waals surface area contributed by atoms with Crippen molar-refractivity contribution in [2.24, 2.45) is 5.73 Å². The Kier molecular flexibility index (Phi) is 9.96. The van der Waals surface area contributed by atoms with Gasteiger partial charge in [0, 0.05) is 32.7 Å². The normalized spacial score (nSPS) is 18.9. The Morgan fingerprint density at radius 1 is 1.26 bits per heavy atom. The highest BCUT2D eigenvalue weighted by atomic mass is 35.5. The van der Waals surface area contributed by atoms with E-state index in [1.807, 2.05) is 4.90 Å². The summed E-state index contributed by atoms with van der Waals surface area (Å²) in [6, 6.07) is -0.485. The number of sulfonamides is 1. The van der Waals surface area contributed by atoms with Gasteiger partial charge in [0.2, 0.25) is 10.0 Å². The molecule has 1 aliphatic heterocycles. The molecule has 0 saturated carbocycles. The van der Waals surface area contributed by atoms with Crippen molar-refractivity contribution in [1.82, 2.24) is 9.21 Å². The lowest BCUT2D eigenvalue weighted by Crippen LogP contribution is -2.56. The van der Waals surface area contributed by atoms with Crippen LogP contribution in [0, 0.1) is 0 Å². The Hall–Kier alpha value is -0.120. The first-order chi connectivity index (χ1) is 7.90. The molecule has 7 nitrogen and oxygen atoms in total. The Morgan fingerprint density at radius 2 is 1.74 bits per heavy atom. The fourth-order valence-electron chi connectivity index (χ4n) is 1.88. The molecule has 0 aliphatic carbocycles. The van der Waals surface area contributed by atoms with Crippen LogP contribution in [0.1, 0.15) is 0 Å². The molecule has 1 aliphatic rings. The highest BCUT2D eigenvalue weighted by Crippen LogP contribution is 2.09. The van der Waals surface area contributed by atoms with E-state index in [0.717, 1.165) is 0 Å². The van der Waals surface area contributed by atoms with E-state index in [9.17, 15) is 13.2 Å².